The number of hydrogen-bond acceptors (Lipinski definition) is 8. The summed E-state index contributed by atoms with van der Waals surface area (Å²) in [6.07, 6.45) is 1.85. The average molecular weight is 698 g/mol. The molecule has 50 heavy (non-hydrogen) atoms. The number of pyridine rings is 1. The highest BCUT2D eigenvalue weighted by molar-refractivity contribution is 6.62. The number of aliphatic hydroxyl groups excluding tert-OH is 1. The first-order valence-corrected chi connectivity index (χ1v) is 16.7. The smallest absolute Gasteiger partial charge is 0.488 e. The standard InChI is InChI=1S/C38H41BClN3O7/c1-24-28(9-7-10-30(24)31-11-8-12-32(25(31)2)39-49-37(3,4)38(5,6)50-39)23-48-35-17-34(47-22-27-15-26(18-41)19-42-20-27)29(16-33(35)40)21-43(13-14-44)36(45)46/h7-12,15-17,19-20,44H,13-14,21-23H2,1-6H3,(H,45,46). The van der Waals surface area contributed by atoms with Crippen LogP contribution in [0.1, 0.15) is 61.1 Å². The highest BCUT2D eigenvalue weighted by atomic mass is 35.5. The Balaban J connectivity index is 1.41. The molecule has 5 rings (SSSR count). The van der Waals surface area contributed by atoms with Crippen LogP contribution in [-0.2, 0) is 29.1 Å². The molecule has 0 aliphatic carbocycles. The molecule has 0 spiro atoms. The molecule has 0 atom stereocenters. The molecular formula is C38H41BClN3O7. The van der Waals surface area contributed by atoms with Gasteiger partial charge in [0.05, 0.1) is 34.9 Å². The average Bonchev–Trinajstić information content (AvgIpc) is 3.30. The van der Waals surface area contributed by atoms with Gasteiger partial charge in [0.2, 0.25) is 0 Å². The van der Waals surface area contributed by atoms with E-state index in [1.54, 1.807) is 24.4 Å². The van der Waals surface area contributed by atoms with E-state index in [4.69, 9.17) is 30.4 Å². The van der Waals surface area contributed by atoms with Gasteiger partial charge in [-0.2, -0.15) is 5.26 Å². The molecule has 1 aromatic heterocycles. The van der Waals surface area contributed by atoms with Crippen molar-refractivity contribution in [1.29, 1.82) is 5.26 Å². The van der Waals surface area contributed by atoms with E-state index in [1.807, 2.05) is 52.0 Å². The number of nitriles is 1. The number of benzene rings is 3. The molecule has 1 saturated heterocycles. The lowest BCUT2D eigenvalue weighted by atomic mass is 9.74. The number of halogens is 1. The van der Waals surface area contributed by atoms with Crippen molar-refractivity contribution >= 4 is 30.3 Å². The van der Waals surface area contributed by atoms with Crippen molar-refractivity contribution in [1.82, 2.24) is 9.88 Å². The van der Waals surface area contributed by atoms with Crippen LogP contribution in [0.25, 0.3) is 11.1 Å². The molecule has 1 aliphatic rings. The number of rotatable bonds is 12. The van der Waals surface area contributed by atoms with E-state index >= 15 is 0 Å². The van der Waals surface area contributed by atoms with Crippen molar-refractivity contribution in [3.63, 3.8) is 0 Å². The molecule has 260 valence electrons. The minimum Gasteiger partial charge on any atom is -0.488 e. The second-order valence-corrected chi connectivity index (χ2v) is 13.7. The van der Waals surface area contributed by atoms with Crippen LogP contribution in [0.5, 0.6) is 11.5 Å². The second-order valence-electron chi connectivity index (χ2n) is 13.3. The summed E-state index contributed by atoms with van der Waals surface area (Å²) in [5, 5.41) is 28.6. The normalized spacial score (nSPS) is 14.7. The van der Waals surface area contributed by atoms with Crippen molar-refractivity contribution in [2.45, 2.75) is 72.5 Å². The summed E-state index contributed by atoms with van der Waals surface area (Å²) in [4.78, 5) is 17.0. The molecule has 1 fully saturated rings. The van der Waals surface area contributed by atoms with Crippen molar-refractivity contribution in [2.24, 2.45) is 0 Å². The van der Waals surface area contributed by atoms with Gasteiger partial charge in [-0.05, 0) is 87.0 Å². The van der Waals surface area contributed by atoms with Crippen LogP contribution >= 0.6 is 11.6 Å². The number of nitrogens with zero attached hydrogens (tertiary/aromatic N) is 3. The molecule has 4 aromatic rings. The molecule has 12 heteroatoms. The molecule has 1 aliphatic heterocycles. The summed E-state index contributed by atoms with van der Waals surface area (Å²) in [7, 11) is -0.480. The van der Waals surface area contributed by atoms with Crippen LogP contribution in [0.15, 0.2) is 67.0 Å². The van der Waals surface area contributed by atoms with Gasteiger partial charge in [-0.1, -0.05) is 48.0 Å². The predicted molar refractivity (Wildman–Crippen MR) is 192 cm³/mol. The lowest BCUT2D eigenvalue weighted by Gasteiger charge is -2.32. The first-order valence-electron chi connectivity index (χ1n) is 16.3. The first-order chi connectivity index (χ1) is 23.7. The monoisotopic (exact) mass is 697 g/mol. The van der Waals surface area contributed by atoms with Gasteiger partial charge in [0.1, 0.15) is 30.8 Å². The largest absolute Gasteiger partial charge is 0.495 e. The minimum atomic E-state index is -1.19. The predicted octanol–water partition coefficient (Wildman–Crippen LogP) is 6.82. The molecule has 0 bridgehead atoms. The third-order valence-electron chi connectivity index (χ3n) is 9.44. The lowest BCUT2D eigenvalue weighted by molar-refractivity contribution is 0.00578. The Bertz CT molecular complexity index is 1910. The molecule has 1 amide bonds. The van der Waals surface area contributed by atoms with Crippen LogP contribution in [-0.4, -0.2) is 57.7 Å². The Hall–Kier alpha value is -4.60. The Labute approximate surface area is 298 Å². The zero-order chi connectivity index (χ0) is 36.2. The fourth-order valence-electron chi connectivity index (χ4n) is 5.76. The quantitative estimate of drug-likeness (QED) is 0.153. The van der Waals surface area contributed by atoms with Gasteiger partial charge >= 0.3 is 13.2 Å². The summed E-state index contributed by atoms with van der Waals surface area (Å²) in [5.41, 5.74) is 6.78. The number of hydrogen-bond donors (Lipinski definition) is 2. The number of aliphatic hydroxyl groups is 1. The van der Waals surface area contributed by atoms with Gasteiger partial charge < -0.3 is 33.9 Å². The van der Waals surface area contributed by atoms with E-state index in [0.717, 1.165) is 38.2 Å². The first kappa shape index (κ1) is 36.7. The van der Waals surface area contributed by atoms with E-state index in [9.17, 15) is 20.3 Å². The van der Waals surface area contributed by atoms with Crippen molar-refractivity contribution < 1.29 is 33.8 Å². The van der Waals surface area contributed by atoms with Crippen LogP contribution in [0, 0.1) is 25.2 Å². The van der Waals surface area contributed by atoms with Gasteiger partial charge in [0, 0.05) is 36.1 Å². The van der Waals surface area contributed by atoms with Crippen molar-refractivity contribution in [3.8, 4) is 28.7 Å². The lowest BCUT2D eigenvalue weighted by Crippen LogP contribution is -2.41. The third-order valence-corrected chi connectivity index (χ3v) is 9.73. The van der Waals surface area contributed by atoms with E-state index in [0.29, 0.717) is 28.2 Å². The summed E-state index contributed by atoms with van der Waals surface area (Å²) >= 11 is 6.71. The zero-order valence-electron chi connectivity index (χ0n) is 29.1. The van der Waals surface area contributed by atoms with Crippen molar-refractivity contribution in [3.05, 3.63) is 105 Å². The van der Waals surface area contributed by atoms with E-state index in [2.05, 4.69) is 37.0 Å². The maximum absolute atomic E-state index is 11.9. The summed E-state index contributed by atoms with van der Waals surface area (Å²) < 4.78 is 25.1. The van der Waals surface area contributed by atoms with Gasteiger partial charge in [-0.25, -0.2) is 4.79 Å². The molecule has 10 nitrogen and oxygen atoms in total. The highest BCUT2D eigenvalue weighted by Gasteiger charge is 2.52. The second kappa shape index (κ2) is 15.1. The van der Waals surface area contributed by atoms with Crippen LogP contribution in [0.4, 0.5) is 4.79 Å². The fourth-order valence-corrected chi connectivity index (χ4v) is 6.00. The topological polar surface area (TPSA) is 134 Å². The van der Waals surface area contributed by atoms with Crippen LogP contribution in [0.2, 0.25) is 5.02 Å². The summed E-state index contributed by atoms with van der Waals surface area (Å²) in [5.74, 6) is 0.693. The van der Waals surface area contributed by atoms with Gasteiger partial charge in [-0.15, -0.1) is 0 Å². The van der Waals surface area contributed by atoms with Gasteiger partial charge in [-0.3, -0.25) is 4.98 Å². The molecule has 2 N–H and O–H groups in total. The number of amides is 1. The SMILES string of the molecule is Cc1c(COc2cc(OCc3cncc(C#N)c3)c(CN(CCO)C(=O)O)cc2Cl)cccc1-c1cccc(B2OC(C)(C)C(C)(C)O2)c1C. The van der Waals surface area contributed by atoms with E-state index in [-0.39, 0.29) is 37.9 Å². The number of ether oxygens (including phenoxy) is 2. The summed E-state index contributed by atoms with van der Waals surface area (Å²) in [6, 6.07) is 19.2. The number of carboxylic acid groups (broad SMARTS) is 1. The van der Waals surface area contributed by atoms with Crippen molar-refractivity contribution in [2.75, 3.05) is 13.2 Å². The maximum Gasteiger partial charge on any atom is 0.495 e. The Morgan fingerprint density at radius 2 is 1.60 bits per heavy atom. The number of carbonyl (C=O) groups is 1. The van der Waals surface area contributed by atoms with E-state index < -0.39 is 24.4 Å². The molecule has 0 saturated carbocycles. The van der Waals surface area contributed by atoms with Gasteiger partial charge in [0.15, 0.2) is 0 Å². The van der Waals surface area contributed by atoms with Gasteiger partial charge in [0.25, 0.3) is 0 Å². The maximum atomic E-state index is 11.9. The third kappa shape index (κ3) is 7.90. The van der Waals surface area contributed by atoms with Crippen LogP contribution in [0.3, 0.4) is 0 Å². The zero-order valence-corrected chi connectivity index (χ0v) is 29.9. The Morgan fingerprint density at radius 3 is 2.26 bits per heavy atom. The van der Waals surface area contributed by atoms with Crippen LogP contribution < -0.4 is 14.9 Å². The molecule has 3 aromatic carbocycles. The Kier molecular flexibility index (Phi) is 11.1. The minimum absolute atomic E-state index is 0.0646. The molecular weight excluding hydrogens is 657 g/mol. The number of aromatic nitrogens is 1. The molecule has 0 unspecified atom stereocenters. The van der Waals surface area contributed by atoms with E-state index in [1.165, 1.54) is 6.20 Å². The fraction of sp³-hybridized carbons (Fsp3) is 0.342. The molecule has 2 heterocycles. The molecule has 0 radical (unpaired) electrons. The summed E-state index contributed by atoms with van der Waals surface area (Å²) in [6.45, 7) is 12.1. The Morgan fingerprint density at radius 1 is 0.940 bits per heavy atom. The highest BCUT2D eigenvalue weighted by Crippen LogP contribution is 2.38.